The Labute approximate surface area is 111 Å². The van der Waals surface area contributed by atoms with Crippen molar-refractivity contribution in [2.45, 2.75) is 12.0 Å². The number of aliphatic hydroxyl groups excluding tert-OH is 1. The van der Waals surface area contributed by atoms with E-state index in [2.05, 4.69) is 4.98 Å². The number of pyridine rings is 1. The molecular formula is C15H15NO3. The van der Waals surface area contributed by atoms with Gasteiger partial charge in [-0.15, -0.1) is 0 Å². The van der Waals surface area contributed by atoms with Crippen molar-refractivity contribution in [2.75, 3.05) is 7.11 Å². The summed E-state index contributed by atoms with van der Waals surface area (Å²) >= 11 is 0. The van der Waals surface area contributed by atoms with E-state index in [9.17, 15) is 9.90 Å². The Bertz CT molecular complexity index is 528. The van der Waals surface area contributed by atoms with Gasteiger partial charge in [0, 0.05) is 12.4 Å². The smallest absolute Gasteiger partial charge is 0.316 e. The van der Waals surface area contributed by atoms with Gasteiger partial charge in [-0.3, -0.25) is 9.78 Å². The third-order valence-corrected chi connectivity index (χ3v) is 2.98. The molecule has 1 heterocycles. The lowest BCUT2D eigenvalue weighted by atomic mass is 9.89. The van der Waals surface area contributed by atoms with Crippen LogP contribution in [0.5, 0.6) is 0 Å². The molecule has 0 unspecified atom stereocenters. The topological polar surface area (TPSA) is 59.4 Å². The van der Waals surface area contributed by atoms with Crippen LogP contribution in [0.15, 0.2) is 54.9 Å². The van der Waals surface area contributed by atoms with E-state index in [0.29, 0.717) is 5.56 Å². The minimum atomic E-state index is -0.960. The van der Waals surface area contributed by atoms with Crippen LogP contribution >= 0.6 is 0 Å². The average molecular weight is 257 g/mol. The molecule has 0 aliphatic rings. The Morgan fingerprint density at radius 1 is 1.11 bits per heavy atom. The van der Waals surface area contributed by atoms with Gasteiger partial charge < -0.3 is 9.84 Å². The summed E-state index contributed by atoms with van der Waals surface area (Å²) in [4.78, 5) is 15.8. The summed E-state index contributed by atoms with van der Waals surface area (Å²) in [5.41, 5.74) is 1.35. The fourth-order valence-corrected chi connectivity index (χ4v) is 1.99. The number of aliphatic hydroxyl groups is 1. The molecule has 98 valence electrons. The summed E-state index contributed by atoms with van der Waals surface area (Å²) in [5.74, 6) is -1.20. The second-order valence-electron chi connectivity index (χ2n) is 4.14. The number of carbonyl (C=O) groups excluding carboxylic acids is 1. The van der Waals surface area contributed by atoms with Crippen LogP contribution in [0, 0.1) is 0 Å². The fourth-order valence-electron chi connectivity index (χ4n) is 1.99. The average Bonchev–Trinajstić information content (AvgIpc) is 2.49. The number of benzene rings is 1. The van der Waals surface area contributed by atoms with Crippen LogP contribution in [0.4, 0.5) is 0 Å². The summed E-state index contributed by atoms with van der Waals surface area (Å²) in [6.45, 7) is 0. The van der Waals surface area contributed by atoms with E-state index in [1.807, 2.05) is 18.2 Å². The first-order chi connectivity index (χ1) is 9.24. The number of hydrogen-bond acceptors (Lipinski definition) is 4. The fraction of sp³-hybridized carbons (Fsp3) is 0.200. The van der Waals surface area contributed by atoms with Gasteiger partial charge in [0.2, 0.25) is 0 Å². The second-order valence-corrected chi connectivity index (χ2v) is 4.14. The highest BCUT2D eigenvalue weighted by molar-refractivity contribution is 5.79. The Morgan fingerprint density at radius 3 is 2.32 bits per heavy atom. The molecule has 19 heavy (non-hydrogen) atoms. The highest BCUT2D eigenvalue weighted by Crippen LogP contribution is 2.31. The predicted molar refractivity (Wildman–Crippen MR) is 70.4 cm³/mol. The van der Waals surface area contributed by atoms with Crippen LogP contribution in [0.1, 0.15) is 23.1 Å². The molecule has 0 saturated carbocycles. The highest BCUT2D eigenvalue weighted by Gasteiger charge is 2.30. The van der Waals surface area contributed by atoms with E-state index in [1.54, 1.807) is 36.7 Å². The molecule has 4 heteroatoms. The van der Waals surface area contributed by atoms with Crippen molar-refractivity contribution < 1.29 is 14.6 Å². The van der Waals surface area contributed by atoms with Crippen LogP contribution in [-0.2, 0) is 9.53 Å². The summed E-state index contributed by atoms with van der Waals surface area (Å²) in [7, 11) is 1.32. The largest absolute Gasteiger partial charge is 0.468 e. The zero-order valence-electron chi connectivity index (χ0n) is 10.6. The van der Waals surface area contributed by atoms with Gasteiger partial charge >= 0.3 is 5.97 Å². The molecule has 2 rings (SSSR count). The molecule has 1 N–H and O–H groups in total. The molecule has 0 aliphatic carbocycles. The number of nitrogens with zero attached hydrogens (tertiary/aromatic N) is 1. The maximum Gasteiger partial charge on any atom is 0.316 e. The van der Waals surface area contributed by atoms with Gasteiger partial charge in [0.25, 0.3) is 0 Å². The molecule has 2 atom stereocenters. The molecule has 0 saturated heterocycles. The molecule has 0 bridgehead atoms. The lowest BCUT2D eigenvalue weighted by molar-refractivity contribution is -0.145. The number of rotatable bonds is 4. The van der Waals surface area contributed by atoms with Crippen LogP contribution in [0.2, 0.25) is 0 Å². The predicted octanol–water partition coefficient (Wildman–Crippen LogP) is 2.07. The normalized spacial score (nSPS) is 13.6. The van der Waals surface area contributed by atoms with Crippen LogP contribution in [-0.4, -0.2) is 23.2 Å². The molecule has 0 spiro atoms. The van der Waals surface area contributed by atoms with Crippen LogP contribution in [0.25, 0.3) is 0 Å². The summed E-state index contributed by atoms with van der Waals surface area (Å²) in [6.07, 6.45) is 2.20. The molecule has 4 nitrogen and oxygen atoms in total. The van der Waals surface area contributed by atoms with Crippen molar-refractivity contribution in [1.82, 2.24) is 4.98 Å². The Kier molecular flexibility index (Phi) is 4.26. The third kappa shape index (κ3) is 2.98. The van der Waals surface area contributed by atoms with E-state index in [4.69, 9.17) is 4.74 Å². The lowest BCUT2D eigenvalue weighted by Gasteiger charge is -2.21. The van der Waals surface area contributed by atoms with Gasteiger partial charge in [0.15, 0.2) is 0 Å². The Balaban J connectivity index is 2.36. The van der Waals surface area contributed by atoms with Crippen molar-refractivity contribution in [3.8, 4) is 0 Å². The Hall–Kier alpha value is -2.20. The van der Waals surface area contributed by atoms with E-state index in [-0.39, 0.29) is 0 Å². The van der Waals surface area contributed by atoms with Gasteiger partial charge in [0.1, 0.15) is 5.92 Å². The number of methoxy groups -OCH3 is 1. The van der Waals surface area contributed by atoms with E-state index < -0.39 is 18.0 Å². The van der Waals surface area contributed by atoms with Gasteiger partial charge in [-0.2, -0.15) is 0 Å². The first-order valence-corrected chi connectivity index (χ1v) is 5.95. The number of ether oxygens (including phenoxy) is 1. The number of aromatic nitrogens is 1. The van der Waals surface area contributed by atoms with Gasteiger partial charge in [-0.25, -0.2) is 0 Å². The SMILES string of the molecule is COC(=O)[C@@H](c1ccccc1)[C@H](O)c1ccncc1. The molecule has 2 aromatic rings. The zero-order chi connectivity index (χ0) is 13.7. The van der Waals surface area contributed by atoms with E-state index in [1.165, 1.54) is 7.11 Å². The minimum Gasteiger partial charge on any atom is -0.468 e. The molecule has 1 aromatic carbocycles. The van der Waals surface area contributed by atoms with Crippen LogP contribution < -0.4 is 0 Å². The maximum absolute atomic E-state index is 11.9. The molecule has 1 aromatic heterocycles. The maximum atomic E-state index is 11.9. The zero-order valence-corrected chi connectivity index (χ0v) is 10.6. The summed E-state index contributed by atoms with van der Waals surface area (Å²) in [6, 6.07) is 12.5. The van der Waals surface area contributed by atoms with E-state index >= 15 is 0 Å². The van der Waals surface area contributed by atoms with E-state index in [0.717, 1.165) is 5.56 Å². The summed E-state index contributed by atoms with van der Waals surface area (Å²) < 4.78 is 4.79. The van der Waals surface area contributed by atoms with Gasteiger partial charge in [-0.1, -0.05) is 30.3 Å². The van der Waals surface area contributed by atoms with Crippen molar-refractivity contribution in [3.05, 3.63) is 66.0 Å². The standard InChI is InChI=1S/C15H15NO3/c1-19-15(18)13(11-5-3-2-4-6-11)14(17)12-7-9-16-10-8-12/h2-10,13-14,17H,1H3/t13-,14+/m0/s1. The number of carbonyl (C=O) groups is 1. The second kappa shape index (κ2) is 6.11. The van der Waals surface area contributed by atoms with Crippen molar-refractivity contribution >= 4 is 5.97 Å². The Morgan fingerprint density at radius 2 is 1.74 bits per heavy atom. The first kappa shape index (κ1) is 13.2. The monoisotopic (exact) mass is 257 g/mol. The molecular weight excluding hydrogens is 242 g/mol. The summed E-state index contributed by atoms with van der Waals surface area (Å²) in [5, 5.41) is 10.4. The molecule has 0 amide bonds. The lowest BCUT2D eigenvalue weighted by Crippen LogP contribution is -2.21. The van der Waals surface area contributed by atoms with Gasteiger partial charge in [0.05, 0.1) is 13.2 Å². The highest BCUT2D eigenvalue weighted by atomic mass is 16.5. The molecule has 0 aliphatic heterocycles. The quantitative estimate of drug-likeness (QED) is 0.852. The van der Waals surface area contributed by atoms with Gasteiger partial charge in [-0.05, 0) is 23.3 Å². The van der Waals surface area contributed by atoms with Crippen molar-refractivity contribution in [3.63, 3.8) is 0 Å². The minimum absolute atomic E-state index is 0.462. The van der Waals surface area contributed by atoms with Crippen molar-refractivity contribution in [2.24, 2.45) is 0 Å². The van der Waals surface area contributed by atoms with Crippen molar-refractivity contribution in [1.29, 1.82) is 0 Å². The third-order valence-electron chi connectivity index (χ3n) is 2.98. The number of esters is 1. The van der Waals surface area contributed by atoms with Crippen LogP contribution in [0.3, 0.4) is 0 Å². The molecule has 0 radical (unpaired) electrons. The molecule has 0 fully saturated rings. The first-order valence-electron chi connectivity index (χ1n) is 5.95. The number of hydrogen-bond donors (Lipinski definition) is 1.